The number of hydrazone groups is 1. The van der Waals surface area contributed by atoms with Gasteiger partial charge >= 0.3 is 11.8 Å². The molecule has 2 aromatic carbocycles. The standard InChI is InChI=1S/C23H26ClFN4O5/c1-15(2)33-10-4-9-26-22(31)23(32)29-27-13-16-5-3-6-18(11-16)34-14-21(30)28-17-7-8-20(25)19(24)12-17/h3,5-8,11-13,15H,4,9-10,14H2,1-2H3,(H,26,31)(H,28,30)(H,29,32)/b27-13-. The summed E-state index contributed by atoms with van der Waals surface area (Å²) >= 11 is 5.69. The van der Waals surface area contributed by atoms with E-state index in [2.05, 4.69) is 21.2 Å². The number of hydrogen-bond donors (Lipinski definition) is 3. The largest absolute Gasteiger partial charge is 0.484 e. The summed E-state index contributed by atoms with van der Waals surface area (Å²) in [5.41, 5.74) is 3.04. The van der Waals surface area contributed by atoms with Crippen LogP contribution in [0.2, 0.25) is 5.02 Å². The number of ether oxygens (including phenoxy) is 2. The molecule has 0 saturated heterocycles. The van der Waals surface area contributed by atoms with Crippen LogP contribution in [-0.4, -0.2) is 49.8 Å². The fourth-order valence-corrected chi connectivity index (χ4v) is 2.67. The Kier molecular flexibility index (Phi) is 10.9. The summed E-state index contributed by atoms with van der Waals surface area (Å²) in [6.07, 6.45) is 2.02. The lowest BCUT2D eigenvalue weighted by Crippen LogP contribution is -2.38. The van der Waals surface area contributed by atoms with Crippen LogP contribution in [0, 0.1) is 5.82 Å². The Morgan fingerprint density at radius 1 is 1.15 bits per heavy atom. The van der Waals surface area contributed by atoms with Crippen molar-refractivity contribution in [1.82, 2.24) is 10.7 Å². The Morgan fingerprint density at radius 3 is 2.68 bits per heavy atom. The predicted octanol–water partition coefficient (Wildman–Crippen LogP) is 2.88. The molecular weight excluding hydrogens is 467 g/mol. The lowest BCUT2D eigenvalue weighted by Gasteiger charge is -2.08. The summed E-state index contributed by atoms with van der Waals surface area (Å²) in [6.45, 7) is 4.32. The summed E-state index contributed by atoms with van der Waals surface area (Å²) < 4.78 is 24.0. The molecule has 0 saturated carbocycles. The Balaban J connectivity index is 1.75. The van der Waals surface area contributed by atoms with Crippen LogP contribution in [0.1, 0.15) is 25.8 Å². The van der Waals surface area contributed by atoms with E-state index < -0.39 is 23.5 Å². The van der Waals surface area contributed by atoms with Gasteiger partial charge in [0.1, 0.15) is 11.6 Å². The van der Waals surface area contributed by atoms with Gasteiger partial charge in [0.2, 0.25) is 0 Å². The highest BCUT2D eigenvalue weighted by Crippen LogP contribution is 2.19. The maximum Gasteiger partial charge on any atom is 0.329 e. The first kappa shape index (κ1) is 26.7. The van der Waals surface area contributed by atoms with Crippen LogP contribution in [0.3, 0.4) is 0 Å². The SMILES string of the molecule is CC(C)OCCCNC(=O)C(=O)N/N=C\c1cccc(OCC(=O)Nc2ccc(F)c(Cl)c2)c1. The Labute approximate surface area is 201 Å². The summed E-state index contributed by atoms with van der Waals surface area (Å²) in [6, 6.07) is 10.4. The van der Waals surface area contributed by atoms with Crippen LogP contribution in [0.5, 0.6) is 5.75 Å². The molecule has 0 aromatic heterocycles. The van der Waals surface area contributed by atoms with E-state index in [0.717, 1.165) is 6.07 Å². The maximum absolute atomic E-state index is 13.2. The molecule has 11 heteroatoms. The lowest BCUT2D eigenvalue weighted by molar-refractivity contribution is -0.139. The van der Waals surface area contributed by atoms with E-state index in [-0.39, 0.29) is 17.7 Å². The first-order chi connectivity index (χ1) is 16.2. The van der Waals surface area contributed by atoms with Gasteiger partial charge < -0.3 is 20.1 Å². The molecule has 0 heterocycles. The van der Waals surface area contributed by atoms with Crippen molar-refractivity contribution in [2.24, 2.45) is 5.10 Å². The minimum absolute atomic E-state index is 0.105. The minimum Gasteiger partial charge on any atom is -0.484 e. The number of nitrogens with zero attached hydrogens (tertiary/aromatic N) is 1. The molecule has 0 fully saturated rings. The van der Waals surface area contributed by atoms with Crippen LogP contribution in [0.25, 0.3) is 0 Å². The van der Waals surface area contributed by atoms with Crippen LogP contribution >= 0.6 is 11.6 Å². The van der Waals surface area contributed by atoms with Gasteiger partial charge in [0.15, 0.2) is 6.61 Å². The number of anilines is 1. The van der Waals surface area contributed by atoms with Crippen molar-refractivity contribution in [3.63, 3.8) is 0 Å². The highest BCUT2D eigenvalue weighted by Gasteiger charge is 2.11. The van der Waals surface area contributed by atoms with Crippen molar-refractivity contribution in [2.75, 3.05) is 25.1 Å². The van der Waals surface area contributed by atoms with Crippen molar-refractivity contribution in [3.05, 3.63) is 58.9 Å². The second-order valence-corrected chi connectivity index (χ2v) is 7.67. The number of rotatable bonds is 11. The number of halogens is 2. The van der Waals surface area contributed by atoms with Gasteiger partial charge in [-0.2, -0.15) is 5.10 Å². The smallest absolute Gasteiger partial charge is 0.329 e. The van der Waals surface area contributed by atoms with Crippen molar-refractivity contribution < 1.29 is 28.2 Å². The molecule has 3 N–H and O–H groups in total. The van der Waals surface area contributed by atoms with Crippen LogP contribution in [0.15, 0.2) is 47.6 Å². The second-order valence-electron chi connectivity index (χ2n) is 7.27. The van der Waals surface area contributed by atoms with Gasteiger partial charge in [-0.05, 0) is 56.2 Å². The monoisotopic (exact) mass is 492 g/mol. The van der Waals surface area contributed by atoms with E-state index in [1.807, 2.05) is 13.8 Å². The van der Waals surface area contributed by atoms with Crippen molar-refractivity contribution in [3.8, 4) is 5.75 Å². The first-order valence-corrected chi connectivity index (χ1v) is 10.8. The Bertz CT molecular complexity index is 1030. The first-order valence-electron chi connectivity index (χ1n) is 10.4. The van der Waals surface area contributed by atoms with E-state index in [4.69, 9.17) is 21.1 Å². The Hall–Kier alpha value is -3.50. The Morgan fingerprint density at radius 2 is 1.94 bits per heavy atom. The zero-order valence-corrected chi connectivity index (χ0v) is 19.5. The molecule has 34 heavy (non-hydrogen) atoms. The van der Waals surface area contributed by atoms with E-state index in [1.54, 1.807) is 24.3 Å². The fraction of sp³-hybridized carbons (Fsp3) is 0.304. The lowest BCUT2D eigenvalue weighted by atomic mass is 10.2. The third kappa shape index (κ3) is 9.97. The van der Waals surface area contributed by atoms with E-state index >= 15 is 0 Å². The molecule has 0 unspecified atom stereocenters. The van der Waals surface area contributed by atoms with Gasteiger partial charge in [-0.25, -0.2) is 9.82 Å². The average Bonchev–Trinajstić information content (AvgIpc) is 2.80. The quantitative estimate of drug-likeness (QED) is 0.193. The summed E-state index contributed by atoms with van der Waals surface area (Å²) in [7, 11) is 0. The highest BCUT2D eigenvalue weighted by molar-refractivity contribution is 6.35. The molecule has 0 radical (unpaired) electrons. The average molecular weight is 493 g/mol. The van der Waals surface area contributed by atoms with Gasteiger partial charge in [-0.1, -0.05) is 23.7 Å². The van der Waals surface area contributed by atoms with E-state index in [9.17, 15) is 18.8 Å². The predicted molar refractivity (Wildman–Crippen MR) is 126 cm³/mol. The zero-order valence-electron chi connectivity index (χ0n) is 18.8. The number of amides is 3. The molecule has 3 amide bonds. The van der Waals surface area contributed by atoms with E-state index in [1.165, 1.54) is 18.3 Å². The van der Waals surface area contributed by atoms with Gasteiger partial charge in [0.25, 0.3) is 5.91 Å². The molecule has 182 valence electrons. The van der Waals surface area contributed by atoms with Crippen molar-refractivity contribution in [2.45, 2.75) is 26.4 Å². The number of carbonyl (C=O) groups excluding carboxylic acids is 3. The summed E-state index contributed by atoms with van der Waals surface area (Å²) in [5, 5.41) is 8.67. The number of hydrogen-bond acceptors (Lipinski definition) is 6. The minimum atomic E-state index is -0.897. The normalized spacial score (nSPS) is 10.9. The zero-order chi connectivity index (χ0) is 24.9. The van der Waals surface area contributed by atoms with Crippen LogP contribution in [-0.2, 0) is 19.1 Å². The number of carbonyl (C=O) groups is 3. The molecule has 0 aliphatic rings. The molecule has 0 bridgehead atoms. The maximum atomic E-state index is 13.2. The van der Waals surface area contributed by atoms with E-state index in [0.29, 0.717) is 36.6 Å². The molecule has 0 atom stereocenters. The number of benzene rings is 2. The third-order valence-electron chi connectivity index (χ3n) is 4.08. The topological polar surface area (TPSA) is 118 Å². The summed E-state index contributed by atoms with van der Waals surface area (Å²) in [5.74, 6) is -2.36. The molecule has 2 rings (SSSR count). The molecule has 0 aliphatic heterocycles. The fourth-order valence-electron chi connectivity index (χ4n) is 2.49. The van der Waals surface area contributed by atoms with Crippen LogP contribution < -0.4 is 20.8 Å². The second kappa shape index (κ2) is 13.9. The molecule has 2 aromatic rings. The third-order valence-corrected chi connectivity index (χ3v) is 4.36. The summed E-state index contributed by atoms with van der Waals surface area (Å²) in [4.78, 5) is 35.5. The molecule has 0 aliphatic carbocycles. The van der Waals surface area contributed by atoms with Crippen molar-refractivity contribution in [1.29, 1.82) is 0 Å². The van der Waals surface area contributed by atoms with Gasteiger partial charge in [0.05, 0.1) is 17.3 Å². The highest BCUT2D eigenvalue weighted by atomic mass is 35.5. The molecule has 9 nitrogen and oxygen atoms in total. The van der Waals surface area contributed by atoms with Gasteiger partial charge in [-0.15, -0.1) is 0 Å². The molecular formula is C23H26ClFN4O5. The molecule has 0 spiro atoms. The van der Waals surface area contributed by atoms with Crippen molar-refractivity contribution >= 4 is 41.2 Å². The van der Waals surface area contributed by atoms with Gasteiger partial charge in [-0.3, -0.25) is 14.4 Å². The number of nitrogens with one attached hydrogen (secondary N) is 3. The van der Waals surface area contributed by atoms with Gasteiger partial charge in [0, 0.05) is 18.8 Å². The van der Waals surface area contributed by atoms with Crippen LogP contribution in [0.4, 0.5) is 10.1 Å².